The minimum Gasteiger partial charge on any atom is -0.450 e. The number of carbonyl (C=O) groups is 2. The predicted octanol–water partition coefficient (Wildman–Crippen LogP) is 2.46. The Morgan fingerprint density at radius 2 is 1.87 bits per heavy atom. The van der Waals surface area contributed by atoms with Gasteiger partial charge in [0.15, 0.2) is 5.78 Å². The maximum Gasteiger partial charge on any atom is 0.411 e. The summed E-state index contributed by atoms with van der Waals surface area (Å²) in [5, 5.41) is 2.54. The first-order chi connectivity index (χ1) is 7.13. The van der Waals surface area contributed by atoms with E-state index in [0.717, 1.165) is 0 Å². The van der Waals surface area contributed by atoms with Crippen molar-refractivity contribution in [2.75, 3.05) is 11.9 Å². The molecule has 0 aromatic heterocycles. The van der Waals surface area contributed by atoms with Gasteiger partial charge >= 0.3 is 6.09 Å². The maximum absolute atomic E-state index is 11.0. The third kappa shape index (κ3) is 3.42. The van der Waals surface area contributed by atoms with Crippen LogP contribution in [0.2, 0.25) is 0 Å². The molecule has 4 heteroatoms. The van der Waals surface area contributed by atoms with Gasteiger partial charge < -0.3 is 4.74 Å². The number of hydrogen-bond donors (Lipinski definition) is 1. The van der Waals surface area contributed by atoms with Gasteiger partial charge in [0.05, 0.1) is 6.61 Å². The molecule has 15 heavy (non-hydrogen) atoms. The minimum absolute atomic E-state index is 0.00214. The molecule has 1 rings (SSSR count). The van der Waals surface area contributed by atoms with Crippen LogP contribution in [-0.2, 0) is 4.74 Å². The van der Waals surface area contributed by atoms with E-state index in [0.29, 0.717) is 17.9 Å². The summed E-state index contributed by atoms with van der Waals surface area (Å²) in [6.45, 7) is 3.56. The number of nitrogens with one attached hydrogen (secondary N) is 1. The quantitative estimate of drug-likeness (QED) is 0.774. The Kier molecular flexibility index (Phi) is 3.85. The average Bonchev–Trinajstić information content (AvgIpc) is 2.18. The van der Waals surface area contributed by atoms with Crippen LogP contribution in [0.4, 0.5) is 10.5 Å². The molecule has 1 N–H and O–H groups in total. The Bertz CT molecular complexity index is 357. The highest BCUT2D eigenvalue weighted by Gasteiger charge is 2.02. The second kappa shape index (κ2) is 5.14. The van der Waals surface area contributed by atoms with Gasteiger partial charge in [0, 0.05) is 11.3 Å². The second-order valence-corrected chi connectivity index (χ2v) is 2.98. The number of rotatable bonds is 3. The summed E-state index contributed by atoms with van der Waals surface area (Å²) < 4.78 is 4.71. The Labute approximate surface area is 88.2 Å². The van der Waals surface area contributed by atoms with Crippen molar-refractivity contribution in [1.82, 2.24) is 0 Å². The summed E-state index contributed by atoms with van der Waals surface area (Å²) >= 11 is 0. The van der Waals surface area contributed by atoms with Crippen molar-refractivity contribution in [2.45, 2.75) is 13.8 Å². The molecule has 1 aromatic carbocycles. The molecule has 0 spiro atoms. The molecule has 0 saturated heterocycles. The van der Waals surface area contributed by atoms with Gasteiger partial charge in [-0.15, -0.1) is 0 Å². The Morgan fingerprint density at radius 1 is 1.27 bits per heavy atom. The van der Waals surface area contributed by atoms with Crippen molar-refractivity contribution in [3.63, 3.8) is 0 Å². The molecular weight excluding hydrogens is 194 g/mol. The van der Waals surface area contributed by atoms with Gasteiger partial charge in [-0.2, -0.15) is 0 Å². The van der Waals surface area contributed by atoms with E-state index >= 15 is 0 Å². The molecule has 1 aromatic rings. The number of Topliss-reactive ketones (excluding diaryl/α,β-unsaturated/α-hetero) is 1. The SMILES string of the molecule is CCOC(=O)Nc1ccc(C(C)=O)cc1. The molecule has 0 atom stereocenters. The minimum atomic E-state index is -0.493. The number of carbonyl (C=O) groups excluding carboxylic acids is 2. The van der Waals surface area contributed by atoms with E-state index < -0.39 is 6.09 Å². The zero-order valence-corrected chi connectivity index (χ0v) is 8.74. The Balaban J connectivity index is 2.64. The van der Waals surface area contributed by atoms with Gasteiger partial charge in [0.1, 0.15) is 0 Å². The number of hydrogen-bond acceptors (Lipinski definition) is 3. The van der Waals surface area contributed by atoms with E-state index in [2.05, 4.69) is 5.32 Å². The highest BCUT2D eigenvalue weighted by Crippen LogP contribution is 2.10. The number of amides is 1. The zero-order chi connectivity index (χ0) is 11.3. The van der Waals surface area contributed by atoms with Crippen molar-refractivity contribution in [3.8, 4) is 0 Å². The van der Waals surface area contributed by atoms with Gasteiger partial charge in [0.2, 0.25) is 0 Å². The van der Waals surface area contributed by atoms with E-state index in [1.807, 2.05) is 0 Å². The van der Waals surface area contributed by atoms with Gasteiger partial charge in [-0.1, -0.05) is 0 Å². The molecule has 0 aliphatic heterocycles. The maximum atomic E-state index is 11.0. The molecule has 0 radical (unpaired) electrons. The fourth-order valence-corrected chi connectivity index (χ4v) is 1.07. The summed E-state index contributed by atoms with van der Waals surface area (Å²) in [5.41, 5.74) is 1.22. The van der Waals surface area contributed by atoms with Gasteiger partial charge in [-0.3, -0.25) is 10.1 Å². The van der Waals surface area contributed by atoms with E-state index in [1.54, 1.807) is 31.2 Å². The van der Waals surface area contributed by atoms with Gasteiger partial charge in [-0.05, 0) is 38.1 Å². The molecule has 0 aliphatic carbocycles. The summed E-state index contributed by atoms with van der Waals surface area (Å²) in [5.74, 6) is -0.00214. The summed E-state index contributed by atoms with van der Waals surface area (Å²) in [4.78, 5) is 22.0. The fourth-order valence-electron chi connectivity index (χ4n) is 1.07. The topological polar surface area (TPSA) is 55.4 Å². The molecule has 0 unspecified atom stereocenters. The molecule has 0 fully saturated rings. The first-order valence-electron chi connectivity index (χ1n) is 4.68. The average molecular weight is 207 g/mol. The summed E-state index contributed by atoms with van der Waals surface area (Å²) in [6.07, 6.45) is -0.493. The zero-order valence-electron chi connectivity index (χ0n) is 8.74. The Hall–Kier alpha value is -1.84. The van der Waals surface area contributed by atoms with Crippen molar-refractivity contribution in [1.29, 1.82) is 0 Å². The number of ether oxygens (including phenoxy) is 1. The lowest BCUT2D eigenvalue weighted by molar-refractivity contribution is 0.101. The van der Waals surface area contributed by atoms with Crippen LogP contribution < -0.4 is 5.32 Å². The van der Waals surface area contributed by atoms with Crippen LogP contribution in [-0.4, -0.2) is 18.5 Å². The monoisotopic (exact) mass is 207 g/mol. The van der Waals surface area contributed by atoms with Crippen molar-refractivity contribution in [3.05, 3.63) is 29.8 Å². The number of benzene rings is 1. The predicted molar refractivity (Wildman–Crippen MR) is 57.1 cm³/mol. The van der Waals surface area contributed by atoms with Crippen molar-refractivity contribution >= 4 is 17.6 Å². The molecule has 80 valence electrons. The van der Waals surface area contributed by atoms with Crippen molar-refractivity contribution in [2.24, 2.45) is 0 Å². The normalized spacial score (nSPS) is 9.47. The highest BCUT2D eigenvalue weighted by molar-refractivity contribution is 5.94. The highest BCUT2D eigenvalue weighted by atomic mass is 16.5. The van der Waals surface area contributed by atoms with Crippen LogP contribution in [0.3, 0.4) is 0 Å². The lowest BCUT2D eigenvalue weighted by atomic mass is 10.1. The van der Waals surface area contributed by atoms with E-state index in [9.17, 15) is 9.59 Å². The third-order valence-corrected chi connectivity index (χ3v) is 1.81. The van der Waals surface area contributed by atoms with E-state index in [4.69, 9.17) is 4.74 Å². The van der Waals surface area contributed by atoms with Crippen LogP contribution >= 0.6 is 0 Å². The van der Waals surface area contributed by atoms with Crippen LogP contribution in [0.15, 0.2) is 24.3 Å². The lowest BCUT2D eigenvalue weighted by Crippen LogP contribution is -2.13. The summed E-state index contributed by atoms with van der Waals surface area (Å²) in [7, 11) is 0. The van der Waals surface area contributed by atoms with Crippen LogP contribution in [0, 0.1) is 0 Å². The lowest BCUT2D eigenvalue weighted by Gasteiger charge is -2.05. The van der Waals surface area contributed by atoms with Crippen LogP contribution in [0.1, 0.15) is 24.2 Å². The molecule has 0 aliphatic rings. The van der Waals surface area contributed by atoms with Crippen LogP contribution in [0.25, 0.3) is 0 Å². The first kappa shape index (κ1) is 11.2. The molecule has 0 bridgehead atoms. The smallest absolute Gasteiger partial charge is 0.411 e. The molecule has 0 heterocycles. The van der Waals surface area contributed by atoms with E-state index in [-0.39, 0.29) is 5.78 Å². The first-order valence-corrected chi connectivity index (χ1v) is 4.68. The number of anilines is 1. The largest absolute Gasteiger partial charge is 0.450 e. The third-order valence-electron chi connectivity index (χ3n) is 1.81. The second-order valence-electron chi connectivity index (χ2n) is 2.98. The van der Waals surface area contributed by atoms with Gasteiger partial charge in [0.25, 0.3) is 0 Å². The molecule has 0 saturated carbocycles. The number of ketones is 1. The van der Waals surface area contributed by atoms with Crippen molar-refractivity contribution < 1.29 is 14.3 Å². The standard InChI is InChI=1S/C11H13NO3/c1-3-15-11(14)12-10-6-4-9(5-7-10)8(2)13/h4-7H,3H2,1-2H3,(H,12,14). The molecule has 4 nitrogen and oxygen atoms in total. The Morgan fingerprint density at radius 3 is 2.33 bits per heavy atom. The van der Waals surface area contributed by atoms with Crippen LogP contribution in [0.5, 0.6) is 0 Å². The molecular formula is C11H13NO3. The van der Waals surface area contributed by atoms with Gasteiger partial charge in [-0.25, -0.2) is 4.79 Å². The fraction of sp³-hybridized carbons (Fsp3) is 0.273. The molecule has 1 amide bonds. The summed E-state index contributed by atoms with van der Waals surface area (Å²) in [6, 6.07) is 6.63. The van der Waals surface area contributed by atoms with E-state index in [1.165, 1.54) is 6.92 Å².